The van der Waals surface area contributed by atoms with Crippen LogP contribution in [-0.2, 0) is 21.2 Å². The summed E-state index contributed by atoms with van der Waals surface area (Å²) >= 11 is 0. The summed E-state index contributed by atoms with van der Waals surface area (Å²) in [6.45, 7) is 3.74. The summed E-state index contributed by atoms with van der Waals surface area (Å²) in [4.78, 5) is 11.4. The van der Waals surface area contributed by atoms with Crippen molar-refractivity contribution in [3.8, 4) is 17.2 Å². The second kappa shape index (κ2) is 10.1. The first kappa shape index (κ1) is 22.5. The van der Waals surface area contributed by atoms with Crippen LogP contribution in [0.3, 0.4) is 0 Å². The lowest BCUT2D eigenvalue weighted by atomic mass is 10.1. The second-order valence-electron chi connectivity index (χ2n) is 6.11. The highest BCUT2D eigenvalue weighted by molar-refractivity contribution is 7.89. The molecule has 0 heterocycles. The summed E-state index contributed by atoms with van der Waals surface area (Å²) < 4.78 is 43.7. The molecule has 2 aromatic rings. The number of nitrogens with one attached hydrogen (secondary N) is 2. The van der Waals surface area contributed by atoms with Gasteiger partial charge in [-0.3, -0.25) is 4.79 Å². The molecule has 2 N–H and O–H groups in total. The maximum Gasteiger partial charge on any atom is 0.240 e. The Kier molecular flexibility index (Phi) is 7.86. The van der Waals surface area contributed by atoms with Gasteiger partial charge in [0.25, 0.3) is 0 Å². The third-order valence-corrected chi connectivity index (χ3v) is 5.48. The fourth-order valence-electron chi connectivity index (χ4n) is 2.69. The molecule has 2 rings (SSSR count). The van der Waals surface area contributed by atoms with Gasteiger partial charge >= 0.3 is 0 Å². The summed E-state index contributed by atoms with van der Waals surface area (Å²) in [6.07, 6.45) is 0.467. The third kappa shape index (κ3) is 6.10. The Morgan fingerprint density at radius 3 is 2.31 bits per heavy atom. The van der Waals surface area contributed by atoms with Gasteiger partial charge in [-0.15, -0.1) is 0 Å². The molecule has 0 spiro atoms. The van der Waals surface area contributed by atoms with E-state index in [1.807, 2.05) is 6.07 Å². The van der Waals surface area contributed by atoms with Crippen molar-refractivity contribution in [2.75, 3.05) is 32.7 Å². The van der Waals surface area contributed by atoms with Gasteiger partial charge in [0.05, 0.1) is 31.4 Å². The van der Waals surface area contributed by atoms with Crippen LogP contribution >= 0.6 is 0 Å². The van der Waals surface area contributed by atoms with E-state index in [0.29, 0.717) is 36.0 Å². The number of hydrogen-bond donors (Lipinski definition) is 2. The maximum atomic E-state index is 12.6. The predicted molar refractivity (Wildman–Crippen MR) is 110 cm³/mol. The number of benzene rings is 2. The summed E-state index contributed by atoms with van der Waals surface area (Å²) in [5, 5.41) is 2.59. The molecular weight excluding hydrogens is 396 g/mol. The topological polar surface area (TPSA) is 103 Å². The zero-order valence-corrected chi connectivity index (χ0v) is 17.8. The second-order valence-corrected chi connectivity index (χ2v) is 7.88. The Labute approximate surface area is 171 Å². The number of anilines is 1. The zero-order chi connectivity index (χ0) is 21.4. The fourth-order valence-corrected chi connectivity index (χ4v) is 3.75. The first-order valence-corrected chi connectivity index (χ1v) is 10.5. The van der Waals surface area contributed by atoms with Gasteiger partial charge in [0.15, 0.2) is 11.5 Å². The Bertz CT molecular complexity index is 959. The van der Waals surface area contributed by atoms with Crippen molar-refractivity contribution < 1.29 is 27.4 Å². The lowest BCUT2D eigenvalue weighted by Crippen LogP contribution is -2.26. The minimum atomic E-state index is -3.76. The van der Waals surface area contributed by atoms with Gasteiger partial charge in [-0.2, -0.15) is 0 Å². The molecule has 9 heteroatoms. The van der Waals surface area contributed by atoms with Crippen molar-refractivity contribution >= 4 is 21.6 Å². The highest BCUT2D eigenvalue weighted by Gasteiger charge is 2.17. The van der Waals surface area contributed by atoms with Crippen LogP contribution in [0.2, 0.25) is 0 Å². The first-order chi connectivity index (χ1) is 13.8. The van der Waals surface area contributed by atoms with Crippen molar-refractivity contribution in [2.45, 2.75) is 25.2 Å². The average molecular weight is 423 g/mol. The van der Waals surface area contributed by atoms with Crippen molar-refractivity contribution in [1.82, 2.24) is 4.72 Å². The lowest BCUT2D eigenvalue weighted by molar-refractivity contribution is -0.114. The van der Waals surface area contributed by atoms with Crippen molar-refractivity contribution in [1.29, 1.82) is 0 Å². The number of carbonyl (C=O) groups excluding carboxylic acids is 1. The van der Waals surface area contributed by atoms with E-state index in [1.54, 1.807) is 33.3 Å². The van der Waals surface area contributed by atoms with Crippen LogP contribution in [0.4, 0.5) is 5.69 Å². The summed E-state index contributed by atoms with van der Waals surface area (Å²) in [6, 6.07) is 9.77. The highest BCUT2D eigenvalue weighted by Crippen LogP contribution is 2.29. The summed E-state index contributed by atoms with van der Waals surface area (Å²) in [7, 11) is -0.664. The van der Waals surface area contributed by atoms with Crippen LogP contribution in [0.1, 0.15) is 19.4 Å². The number of amides is 1. The fraction of sp³-hybridized carbons (Fsp3) is 0.350. The van der Waals surface area contributed by atoms with Crippen molar-refractivity contribution in [3.63, 3.8) is 0 Å². The molecule has 0 unspecified atom stereocenters. The smallest absolute Gasteiger partial charge is 0.240 e. The minimum absolute atomic E-state index is 0.0389. The van der Waals surface area contributed by atoms with E-state index in [9.17, 15) is 13.2 Å². The van der Waals surface area contributed by atoms with Gasteiger partial charge in [0.2, 0.25) is 15.9 Å². The van der Waals surface area contributed by atoms with Crippen LogP contribution in [0.5, 0.6) is 17.2 Å². The molecule has 158 valence electrons. The van der Waals surface area contributed by atoms with E-state index in [0.717, 1.165) is 5.56 Å². The molecule has 0 aromatic heterocycles. The molecule has 0 radical (unpaired) electrons. The standard InChI is InChI=1S/C20H26N2O6S/c1-5-28-18-9-7-16(13-17(18)22-14(2)23)29(24,25)21-11-10-15-6-8-19(26-3)20(12-15)27-4/h6-9,12-13,21H,5,10-11H2,1-4H3,(H,22,23). The number of ether oxygens (including phenoxy) is 3. The van der Waals surface area contributed by atoms with Crippen LogP contribution in [-0.4, -0.2) is 41.7 Å². The van der Waals surface area contributed by atoms with E-state index < -0.39 is 10.0 Å². The first-order valence-electron chi connectivity index (χ1n) is 9.05. The van der Waals surface area contributed by atoms with E-state index in [2.05, 4.69) is 10.0 Å². The number of carbonyl (C=O) groups is 1. The molecule has 0 fully saturated rings. The van der Waals surface area contributed by atoms with Gasteiger partial charge in [-0.1, -0.05) is 6.07 Å². The van der Waals surface area contributed by atoms with Gasteiger partial charge < -0.3 is 19.5 Å². The van der Waals surface area contributed by atoms with E-state index in [1.165, 1.54) is 25.1 Å². The van der Waals surface area contributed by atoms with Crippen molar-refractivity contribution in [3.05, 3.63) is 42.0 Å². The minimum Gasteiger partial charge on any atom is -0.493 e. The van der Waals surface area contributed by atoms with Crippen LogP contribution in [0.25, 0.3) is 0 Å². The molecule has 0 saturated carbocycles. The average Bonchev–Trinajstić information content (AvgIpc) is 2.68. The van der Waals surface area contributed by atoms with Gasteiger partial charge in [0.1, 0.15) is 5.75 Å². The maximum absolute atomic E-state index is 12.6. The Morgan fingerprint density at radius 1 is 1.00 bits per heavy atom. The van der Waals surface area contributed by atoms with Gasteiger partial charge in [-0.25, -0.2) is 13.1 Å². The largest absolute Gasteiger partial charge is 0.493 e. The molecule has 0 saturated heterocycles. The normalized spacial score (nSPS) is 11.0. The number of sulfonamides is 1. The van der Waals surface area contributed by atoms with E-state index >= 15 is 0 Å². The van der Waals surface area contributed by atoms with E-state index in [-0.39, 0.29) is 17.3 Å². The SMILES string of the molecule is CCOc1ccc(S(=O)(=O)NCCc2ccc(OC)c(OC)c2)cc1NC(C)=O. The number of hydrogen-bond acceptors (Lipinski definition) is 6. The van der Waals surface area contributed by atoms with Crippen molar-refractivity contribution in [2.24, 2.45) is 0 Å². The monoisotopic (exact) mass is 422 g/mol. The van der Waals surface area contributed by atoms with Gasteiger partial charge in [-0.05, 0) is 49.2 Å². The Morgan fingerprint density at radius 2 is 1.69 bits per heavy atom. The molecule has 8 nitrogen and oxygen atoms in total. The van der Waals surface area contributed by atoms with E-state index in [4.69, 9.17) is 14.2 Å². The molecule has 1 amide bonds. The number of rotatable bonds is 10. The van der Waals surface area contributed by atoms with Crippen LogP contribution in [0.15, 0.2) is 41.3 Å². The Hall–Kier alpha value is -2.78. The quantitative estimate of drug-likeness (QED) is 0.610. The van der Waals surface area contributed by atoms with Crippen LogP contribution < -0.4 is 24.2 Å². The third-order valence-electron chi connectivity index (χ3n) is 4.03. The molecule has 0 aliphatic carbocycles. The molecule has 0 aliphatic rings. The highest BCUT2D eigenvalue weighted by atomic mass is 32.2. The zero-order valence-electron chi connectivity index (χ0n) is 16.9. The summed E-state index contributed by atoms with van der Waals surface area (Å²) in [5.41, 5.74) is 1.21. The molecular formula is C20H26N2O6S. The molecule has 2 aromatic carbocycles. The molecule has 0 atom stereocenters. The van der Waals surface area contributed by atoms with Gasteiger partial charge in [0, 0.05) is 13.5 Å². The lowest BCUT2D eigenvalue weighted by Gasteiger charge is -2.13. The Balaban J connectivity index is 2.12. The molecule has 0 aliphatic heterocycles. The predicted octanol–water partition coefficient (Wildman–Crippen LogP) is 2.58. The molecule has 0 bridgehead atoms. The number of methoxy groups -OCH3 is 2. The molecule has 29 heavy (non-hydrogen) atoms. The summed E-state index contributed by atoms with van der Waals surface area (Å²) in [5.74, 6) is 1.28. The van der Waals surface area contributed by atoms with Crippen LogP contribution in [0, 0.1) is 0 Å².